The van der Waals surface area contributed by atoms with E-state index in [1.54, 1.807) is 0 Å². The molecule has 0 spiro atoms. The second-order valence-electron chi connectivity index (χ2n) is 11.2. The SMILES string of the molecule is [N-]=[N+]=NCCCN1C[C@H](OCc2ccccc2)[C@@H](OCc2ccccc2)[C@H](OCc2ccccc2)[C@H]1COCc1ccccc1. The Bertz CT molecular complexity index is 1420. The van der Waals surface area contributed by atoms with Crippen LogP contribution in [0.2, 0.25) is 0 Å². The number of piperidine rings is 1. The number of rotatable bonds is 17. The highest BCUT2D eigenvalue weighted by molar-refractivity contribution is 5.16. The molecule has 0 radical (unpaired) electrons. The molecular formula is C37H42N4O4. The second kappa shape index (κ2) is 18.1. The average Bonchev–Trinajstić information content (AvgIpc) is 3.10. The van der Waals surface area contributed by atoms with Gasteiger partial charge in [-0.15, -0.1) is 0 Å². The van der Waals surface area contributed by atoms with E-state index in [4.69, 9.17) is 24.5 Å². The molecule has 1 aliphatic rings. The predicted molar refractivity (Wildman–Crippen MR) is 175 cm³/mol. The standard InChI is InChI=1S/C37H42N4O4/c38-40-39-22-13-23-41-24-35(43-26-31-16-7-2-8-17-31)37(45-28-33-20-11-4-12-21-33)36(44-27-32-18-9-3-10-19-32)34(41)29-42-25-30-14-5-1-6-15-30/h1-12,14-21,34-37H,13,22-29H2/t34-,35+,36-,37-/m1/s1. The fraction of sp³-hybridized carbons (Fsp3) is 0.351. The molecule has 45 heavy (non-hydrogen) atoms. The Morgan fingerprint density at radius 2 is 1.09 bits per heavy atom. The molecule has 0 bridgehead atoms. The van der Waals surface area contributed by atoms with Gasteiger partial charge in [-0.25, -0.2) is 0 Å². The van der Waals surface area contributed by atoms with Crippen LogP contribution in [0.15, 0.2) is 126 Å². The molecule has 0 aliphatic carbocycles. The summed E-state index contributed by atoms with van der Waals surface area (Å²) in [5, 5.41) is 3.79. The zero-order valence-electron chi connectivity index (χ0n) is 25.6. The maximum atomic E-state index is 8.88. The molecule has 4 aromatic rings. The van der Waals surface area contributed by atoms with Crippen molar-refractivity contribution in [2.45, 2.75) is 57.2 Å². The highest BCUT2D eigenvalue weighted by Crippen LogP contribution is 2.29. The van der Waals surface area contributed by atoms with E-state index in [0.29, 0.717) is 59.1 Å². The number of hydrogen-bond donors (Lipinski definition) is 0. The van der Waals surface area contributed by atoms with Crippen molar-refractivity contribution >= 4 is 0 Å². The molecule has 1 aliphatic heterocycles. The van der Waals surface area contributed by atoms with Gasteiger partial charge in [-0.1, -0.05) is 126 Å². The number of hydrogen-bond acceptors (Lipinski definition) is 6. The maximum absolute atomic E-state index is 8.88. The summed E-state index contributed by atoms with van der Waals surface area (Å²) in [6.45, 7) is 4.05. The molecule has 8 heteroatoms. The van der Waals surface area contributed by atoms with Crippen LogP contribution in [0.3, 0.4) is 0 Å². The Balaban J connectivity index is 1.42. The minimum absolute atomic E-state index is 0.110. The zero-order chi connectivity index (χ0) is 30.9. The fourth-order valence-corrected chi connectivity index (χ4v) is 5.69. The van der Waals surface area contributed by atoms with Crippen LogP contribution >= 0.6 is 0 Å². The van der Waals surface area contributed by atoms with Gasteiger partial charge in [0.15, 0.2) is 0 Å². The smallest absolute Gasteiger partial charge is 0.113 e. The van der Waals surface area contributed by atoms with Gasteiger partial charge in [0.2, 0.25) is 0 Å². The van der Waals surface area contributed by atoms with Gasteiger partial charge < -0.3 is 18.9 Å². The van der Waals surface area contributed by atoms with Gasteiger partial charge in [0, 0.05) is 18.0 Å². The number of azide groups is 1. The first kappa shape index (κ1) is 32.4. The minimum atomic E-state index is -0.351. The average molecular weight is 607 g/mol. The Labute approximate surface area is 266 Å². The molecule has 1 fully saturated rings. The molecule has 0 amide bonds. The Hall–Kier alpha value is -4.01. The molecule has 0 N–H and O–H groups in total. The summed E-state index contributed by atoms with van der Waals surface area (Å²) in [7, 11) is 0. The van der Waals surface area contributed by atoms with E-state index in [9.17, 15) is 0 Å². The van der Waals surface area contributed by atoms with Crippen molar-refractivity contribution in [2.75, 3.05) is 26.2 Å². The summed E-state index contributed by atoms with van der Waals surface area (Å²) >= 11 is 0. The third-order valence-corrected chi connectivity index (χ3v) is 8.00. The van der Waals surface area contributed by atoms with Crippen LogP contribution in [0, 0.1) is 0 Å². The van der Waals surface area contributed by atoms with Crippen LogP contribution in [-0.4, -0.2) is 55.5 Å². The topological polar surface area (TPSA) is 88.9 Å². The number of likely N-dealkylation sites (tertiary alicyclic amines) is 1. The molecule has 8 nitrogen and oxygen atoms in total. The largest absolute Gasteiger partial charge is 0.375 e. The summed E-state index contributed by atoms with van der Waals surface area (Å²) in [4.78, 5) is 5.32. The first-order chi connectivity index (χ1) is 22.3. The van der Waals surface area contributed by atoms with Crippen LogP contribution in [0.1, 0.15) is 28.7 Å². The molecule has 4 aromatic carbocycles. The van der Waals surface area contributed by atoms with E-state index in [0.717, 1.165) is 22.3 Å². The lowest BCUT2D eigenvalue weighted by Gasteiger charge is -2.48. The Morgan fingerprint density at radius 3 is 1.60 bits per heavy atom. The molecule has 1 saturated heterocycles. The number of nitrogens with zero attached hydrogens (tertiary/aromatic N) is 4. The Morgan fingerprint density at radius 1 is 0.622 bits per heavy atom. The van der Waals surface area contributed by atoms with E-state index in [1.807, 2.05) is 72.8 Å². The van der Waals surface area contributed by atoms with Crippen molar-refractivity contribution in [1.82, 2.24) is 4.90 Å². The van der Waals surface area contributed by atoms with Crippen molar-refractivity contribution in [1.29, 1.82) is 0 Å². The summed E-state index contributed by atoms with van der Waals surface area (Å²) in [6.07, 6.45) is -0.249. The van der Waals surface area contributed by atoms with Gasteiger partial charge in [0.05, 0.1) is 45.2 Å². The van der Waals surface area contributed by atoms with Crippen molar-refractivity contribution < 1.29 is 18.9 Å². The van der Waals surface area contributed by atoms with E-state index in [2.05, 4.69) is 63.5 Å². The van der Waals surface area contributed by atoms with E-state index in [1.165, 1.54) is 0 Å². The fourth-order valence-electron chi connectivity index (χ4n) is 5.69. The molecular weight excluding hydrogens is 564 g/mol. The van der Waals surface area contributed by atoms with Gasteiger partial charge in [-0.05, 0) is 40.8 Å². The quantitative estimate of drug-likeness (QED) is 0.0543. The van der Waals surface area contributed by atoms with E-state index >= 15 is 0 Å². The van der Waals surface area contributed by atoms with Gasteiger partial charge in [0.25, 0.3) is 0 Å². The molecule has 4 atom stereocenters. The van der Waals surface area contributed by atoms with Gasteiger partial charge in [-0.3, -0.25) is 4.90 Å². The van der Waals surface area contributed by atoms with Crippen LogP contribution < -0.4 is 0 Å². The van der Waals surface area contributed by atoms with Gasteiger partial charge >= 0.3 is 0 Å². The monoisotopic (exact) mass is 606 g/mol. The zero-order valence-corrected chi connectivity index (χ0v) is 25.6. The maximum Gasteiger partial charge on any atom is 0.113 e. The van der Waals surface area contributed by atoms with Crippen molar-refractivity contribution in [2.24, 2.45) is 5.11 Å². The van der Waals surface area contributed by atoms with Crippen molar-refractivity contribution in [3.8, 4) is 0 Å². The van der Waals surface area contributed by atoms with Gasteiger partial charge in [0.1, 0.15) is 12.2 Å². The highest BCUT2D eigenvalue weighted by Gasteiger charge is 2.46. The normalized spacial score (nSPS) is 20.0. The third kappa shape index (κ3) is 10.3. The minimum Gasteiger partial charge on any atom is -0.375 e. The molecule has 1 heterocycles. The molecule has 5 rings (SSSR count). The van der Waals surface area contributed by atoms with Crippen LogP contribution in [0.25, 0.3) is 10.4 Å². The summed E-state index contributed by atoms with van der Waals surface area (Å²) < 4.78 is 26.6. The van der Waals surface area contributed by atoms with Crippen LogP contribution in [0.4, 0.5) is 0 Å². The molecule has 234 valence electrons. The Kier molecular flexibility index (Phi) is 13.0. The van der Waals surface area contributed by atoms with Crippen LogP contribution in [-0.2, 0) is 45.4 Å². The first-order valence-electron chi connectivity index (χ1n) is 15.6. The number of ether oxygens (including phenoxy) is 4. The van der Waals surface area contributed by atoms with Crippen molar-refractivity contribution in [3.05, 3.63) is 154 Å². The second-order valence-corrected chi connectivity index (χ2v) is 11.2. The summed E-state index contributed by atoms with van der Waals surface area (Å²) in [5.41, 5.74) is 13.3. The van der Waals surface area contributed by atoms with E-state index < -0.39 is 0 Å². The molecule has 0 saturated carbocycles. The summed E-state index contributed by atoms with van der Waals surface area (Å²) in [5.74, 6) is 0. The summed E-state index contributed by atoms with van der Waals surface area (Å²) in [6, 6.07) is 40.7. The molecule has 0 unspecified atom stereocenters. The predicted octanol–water partition coefficient (Wildman–Crippen LogP) is 7.34. The van der Waals surface area contributed by atoms with Crippen molar-refractivity contribution in [3.63, 3.8) is 0 Å². The number of benzene rings is 4. The third-order valence-electron chi connectivity index (χ3n) is 8.00. The lowest BCUT2D eigenvalue weighted by molar-refractivity contribution is -0.210. The lowest BCUT2D eigenvalue weighted by atomic mass is 9.92. The lowest BCUT2D eigenvalue weighted by Crippen LogP contribution is -2.64. The van der Waals surface area contributed by atoms with E-state index in [-0.39, 0.29) is 24.4 Å². The first-order valence-corrected chi connectivity index (χ1v) is 15.6. The van der Waals surface area contributed by atoms with Gasteiger partial charge in [-0.2, -0.15) is 0 Å². The molecule has 0 aromatic heterocycles. The van der Waals surface area contributed by atoms with Crippen LogP contribution in [0.5, 0.6) is 0 Å². The highest BCUT2D eigenvalue weighted by atomic mass is 16.6.